The predicted molar refractivity (Wildman–Crippen MR) is 21.0 cm³/mol. The van der Waals surface area contributed by atoms with Gasteiger partial charge in [0.05, 0.1) is 5.10 Å². The Kier molecular flexibility index (Phi) is 0.856. The van der Waals surface area contributed by atoms with E-state index in [2.05, 4.69) is 10.3 Å². The number of hydrogen-bond donors (Lipinski definition) is 0. The topological polar surface area (TPSA) is 52.7 Å². The van der Waals surface area contributed by atoms with Crippen molar-refractivity contribution in [3.63, 3.8) is 0 Å². The van der Waals surface area contributed by atoms with E-state index >= 15 is 0 Å². The molecule has 0 aliphatic heterocycles. The van der Waals surface area contributed by atoms with Gasteiger partial charge in [0.25, 0.3) is 0 Å². The highest BCUT2D eigenvalue weighted by Crippen LogP contribution is 1.60. The lowest BCUT2D eigenvalue weighted by Gasteiger charge is -1.88. The highest BCUT2D eigenvalue weighted by atomic mass is 16.5. The van der Waals surface area contributed by atoms with E-state index in [0.717, 1.165) is 0 Å². The largest absolute Gasteiger partial charge is 0.691 e. The van der Waals surface area contributed by atoms with Crippen molar-refractivity contribution in [1.82, 2.24) is 10.3 Å². The van der Waals surface area contributed by atoms with Gasteiger partial charge in [-0.3, -0.25) is 0 Å². The van der Waals surface area contributed by atoms with Crippen molar-refractivity contribution < 1.29 is 4.85 Å². The zero-order valence-electron chi connectivity index (χ0n) is 3.48. The lowest BCUT2D eigenvalue weighted by atomic mass is 10.7. The molecule has 4 nitrogen and oxygen atoms in total. The molecule has 4 heteroatoms. The van der Waals surface area contributed by atoms with Crippen LogP contribution in [0.3, 0.4) is 0 Å². The molecule has 0 saturated heterocycles. The summed E-state index contributed by atoms with van der Waals surface area (Å²) < 4.78 is 0. The van der Waals surface area contributed by atoms with Crippen molar-refractivity contribution in [1.29, 1.82) is 0 Å². The molecule has 1 rings (SSSR count). The molecule has 36 valence electrons. The van der Waals surface area contributed by atoms with Crippen LogP contribution in [-0.2, 0) is 0 Å². The second-order valence-electron chi connectivity index (χ2n) is 0.998. The van der Waals surface area contributed by atoms with Crippen LogP contribution in [0, 0.1) is 5.21 Å². The highest BCUT2D eigenvalue weighted by Gasteiger charge is 1.77. The Hall–Kier alpha value is -1.19. The van der Waals surface area contributed by atoms with Gasteiger partial charge in [0.2, 0.25) is 0 Å². The maximum Gasteiger partial charge on any atom is 0.171 e. The third-order valence-electron chi connectivity index (χ3n) is 0.506. The standard InChI is InChI=1S/C3H3N3O/c7-6-3-1-2-4-5-6/h1-3H. The van der Waals surface area contributed by atoms with E-state index in [0.29, 0.717) is 4.85 Å². The summed E-state index contributed by atoms with van der Waals surface area (Å²) in [6, 6.07) is 1.51. The Morgan fingerprint density at radius 3 is 2.71 bits per heavy atom. The Bertz CT molecular complexity index is 140. The summed E-state index contributed by atoms with van der Waals surface area (Å²) in [6.07, 6.45) is 2.71. The first kappa shape index (κ1) is 3.98. The smallest absolute Gasteiger partial charge is 0.171 e. The first-order valence-electron chi connectivity index (χ1n) is 1.77. The summed E-state index contributed by atoms with van der Waals surface area (Å²) in [5.74, 6) is 0. The molecule has 0 atom stereocenters. The summed E-state index contributed by atoms with van der Waals surface area (Å²) >= 11 is 0. The first-order chi connectivity index (χ1) is 3.39. The van der Waals surface area contributed by atoms with Gasteiger partial charge in [-0.05, 0) is 0 Å². The van der Waals surface area contributed by atoms with Crippen molar-refractivity contribution in [3.8, 4) is 0 Å². The minimum atomic E-state index is 0.389. The molecule has 0 aliphatic rings. The van der Waals surface area contributed by atoms with Gasteiger partial charge in [-0.15, -0.1) is 4.85 Å². The van der Waals surface area contributed by atoms with Crippen molar-refractivity contribution in [3.05, 3.63) is 23.7 Å². The molecule has 1 aromatic heterocycles. The summed E-state index contributed by atoms with van der Waals surface area (Å²) in [4.78, 5) is 0.389. The lowest BCUT2D eigenvalue weighted by molar-refractivity contribution is -0.675. The number of nitrogens with zero attached hydrogens (tertiary/aromatic N) is 3. The van der Waals surface area contributed by atoms with Crippen LogP contribution in [0.5, 0.6) is 0 Å². The van der Waals surface area contributed by atoms with Gasteiger partial charge >= 0.3 is 0 Å². The van der Waals surface area contributed by atoms with Crippen LogP contribution in [0.25, 0.3) is 0 Å². The van der Waals surface area contributed by atoms with Gasteiger partial charge in [-0.2, -0.15) is 0 Å². The highest BCUT2D eigenvalue weighted by molar-refractivity contribution is 4.65. The van der Waals surface area contributed by atoms with E-state index in [-0.39, 0.29) is 0 Å². The second-order valence-corrected chi connectivity index (χ2v) is 0.998. The third-order valence-corrected chi connectivity index (χ3v) is 0.506. The maximum absolute atomic E-state index is 10.0. The van der Waals surface area contributed by atoms with Gasteiger partial charge in [0, 0.05) is 6.07 Å². The van der Waals surface area contributed by atoms with Crippen molar-refractivity contribution >= 4 is 0 Å². The molecule has 1 heterocycles. The molecule has 0 aromatic carbocycles. The van der Waals surface area contributed by atoms with Gasteiger partial charge < -0.3 is 5.21 Å². The Balaban J connectivity index is 3.02. The van der Waals surface area contributed by atoms with E-state index < -0.39 is 0 Å². The molecule has 7 heavy (non-hydrogen) atoms. The molecule has 0 saturated carbocycles. The molecular formula is C3H3N3O. The molecule has 0 radical (unpaired) electrons. The van der Waals surface area contributed by atoms with E-state index in [1.54, 1.807) is 0 Å². The molecular weight excluding hydrogens is 94.1 g/mol. The number of aromatic nitrogens is 3. The monoisotopic (exact) mass is 97.0 g/mol. The van der Waals surface area contributed by atoms with E-state index in [4.69, 9.17) is 0 Å². The quantitative estimate of drug-likeness (QED) is 0.311. The second kappa shape index (κ2) is 1.51. The van der Waals surface area contributed by atoms with Crippen LogP contribution in [0.15, 0.2) is 18.5 Å². The summed E-state index contributed by atoms with van der Waals surface area (Å²) in [6.45, 7) is 0. The van der Waals surface area contributed by atoms with Gasteiger partial charge in [0.1, 0.15) is 11.4 Å². The summed E-state index contributed by atoms with van der Waals surface area (Å²) in [5.41, 5.74) is 0. The zero-order chi connectivity index (χ0) is 5.11. The summed E-state index contributed by atoms with van der Waals surface area (Å²) in [7, 11) is 0. The van der Waals surface area contributed by atoms with Crippen LogP contribution in [-0.4, -0.2) is 10.3 Å². The van der Waals surface area contributed by atoms with Gasteiger partial charge in [0.15, 0.2) is 6.20 Å². The van der Waals surface area contributed by atoms with Crippen LogP contribution in [0.4, 0.5) is 0 Å². The fourth-order valence-corrected chi connectivity index (χ4v) is 0.261. The molecule has 0 N–H and O–H groups in total. The SMILES string of the molecule is [O-][n+]1cccnn1. The molecule has 1 aromatic rings. The van der Waals surface area contributed by atoms with Crippen molar-refractivity contribution in [2.75, 3.05) is 0 Å². The van der Waals surface area contributed by atoms with Gasteiger partial charge in [-0.1, -0.05) is 0 Å². The zero-order valence-corrected chi connectivity index (χ0v) is 3.48. The molecule has 0 aliphatic carbocycles. The van der Waals surface area contributed by atoms with Crippen LogP contribution in [0.1, 0.15) is 0 Å². The Morgan fingerprint density at radius 1 is 1.57 bits per heavy atom. The molecule has 0 amide bonds. The summed E-state index contributed by atoms with van der Waals surface area (Å²) in [5, 5.41) is 16.4. The average Bonchev–Trinajstić information content (AvgIpc) is 1.69. The normalized spacial score (nSPS) is 8.57. The number of rotatable bonds is 0. The average molecular weight is 97.1 g/mol. The minimum absolute atomic E-state index is 0.389. The fraction of sp³-hybridized carbons (Fsp3) is 0. The van der Waals surface area contributed by atoms with Crippen LogP contribution < -0.4 is 4.85 Å². The molecule has 0 unspecified atom stereocenters. The Labute approximate surface area is 40.0 Å². The van der Waals surface area contributed by atoms with E-state index in [9.17, 15) is 5.21 Å². The van der Waals surface area contributed by atoms with Crippen molar-refractivity contribution in [2.24, 2.45) is 0 Å². The van der Waals surface area contributed by atoms with E-state index in [1.165, 1.54) is 18.5 Å². The first-order valence-corrected chi connectivity index (χ1v) is 1.77. The minimum Gasteiger partial charge on any atom is -0.691 e. The third kappa shape index (κ3) is 0.819. The Morgan fingerprint density at radius 2 is 2.43 bits per heavy atom. The molecule has 0 spiro atoms. The fourth-order valence-electron chi connectivity index (χ4n) is 0.261. The van der Waals surface area contributed by atoms with Crippen LogP contribution in [0.2, 0.25) is 0 Å². The number of hydrogen-bond acceptors (Lipinski definition) is 3. The maximum atomic E-state index is 10.0. The molecule has 0 bridgehead atoms. The van der Waals surface area contributed by atoms with Gasteiger partial charge in [-0.25, -0.2) is 0 Å². The lowest BCUT2D eigenvalue weighted by Crippen LogP contribution is -2.30. The predicted octanol–water partition coefficient (Wildman–Crippen LogP) is -0.890. The van der Waals surface area contributed by atoms with E-state index in [1.807, 2.05) is 0 Å². The van der Waals surface area contributed by atoms with Crippen LogP contribution >= 0.6 is 0 Å². The van der Waals surface area contributed by atoms with Crippen molar-refractivity contribution in [2.45, 2.75) is 0 Å². The molecule has 0 fully saturated rings.